The van der Waals surface area contributed by atoms with Gasteiger partial charge in [0.05, 0.1) is 5.92 Å². The van der Waals surface area contributed by atoms with Crippen molar-refractivity contribution in [3.8, 4) is 11.5 Å². The molecule has 0 N–H and O–H groups in total. The monoisotopic (exact) mass is 276 g/mol. The lowest BCUT2D eigenvalue weighted by atomic mass is 9.89. The molecule has 2 aromatic carbocycles. The number of fused-ring (bicyclic) bond motifs is 2. The number of carbonyl (C=O) groups is 1. The lowest BCUT2D eigenvalue weighted by molar-refractivity contribution is -0.108. The maximum absolute atomic E-state index is 11.4. The fraction of sp³-hybridized carbons (Fsp3) is 0.0714. The second kappa shape index (κ2) is 4.67. The van der Waals surface area contributed by atoms with Gasteiger partial charge in [-0.15, -0.1) is 0 Å². The molecule has 0 aliphatic carbocycles. The van der Waals surface area contributed by atoms with Crippen LogP contribution < -0.4 is 4.74 Å². The summed E-state index contributed by atoms with van der Waals surface area (Å²) in [5.41, 5.74) is 1.77. The molecule has 0 saturated heterocycles. The number of rotatable bonds is 2. The average molecular weight is 277 g/mol. The fourth-order valence-electron chi connectivity index (χ4n) is 2.17. The highest BCUT2D eigenvalue weighted by atomic mass is 35.7. The van der Waals surface area contributed by atoms with E-state index in [1.54, 1.807) is 0 Å². The van der Waals surface area contributed by atoms with E-state index in [4.69, 9.17) is 15.4 Å². The Bertz CT molecular complexity index is 612. The Hall–Kier alpha value is -1.45. The van der Waals surface area contributed by atoms with E-state index in [2.05, 4.69) is 0 Å². The number of halogens is 1. The minimum Gasteiger partial charge on any atom is -0.457 e. The second-order valence-electron chi connectivity index (χ2n) is 4.03. The summed E-state index contributed by atoms with van der Waals surface area (Å²) >= 11 is 0. The van der Waals surface area contributed by atoms with E-state index in [-0.39, 0.29) is 5.92 Å². The number of hydrogen-bond donors (Lipinski definition) is 0. The summed E-state index contributed by atoms with van der Waals surface area (Å²) in [6, 6.07) is 13.2. The normalized spacial score (nSPS) is 16.4. The fourth-order valence-corrected chi connectivity index (χ4v) is 2.75. The summed E-state index contributed by atoms with van der Waals surface area (Å²) in [4.78, 5) is 12.3. The van der Waals surface area contributed by atoms with Crippen LogP contribution in [0.25, 0.3) is 0 Å². The summed E-state index contributed by atoms with van der Waals surface area (Å²) < 4.78 is 5.80. The van der Waals surface area contributed by atoms with Crippen molar-refractivity contribution in [2.45, 2.75) is 10.8 Å². The van der Waals surface area contributed by atoms with Crippen LogP contribution in [0.5, 0.6) is 11.5 Å². The van der Waals surface area contributed by atoms with Gasteiger partial charge in [-0.3, -0.25) is 0 Å². The third-order valence-corrected chi connectivity index (χ3v) is 3.98. The quantitative estimate of drug-likeness (QED) is 0.762. The minimum atomic E-state index is -0.284. The van der Waals surface area contributed by atoms with E-state index in [1.165, 1.54) is 0 Å². The van der Waals surface area contributed by atoms with Crippen LogP contribution >= 0.6 is 21.7 Å². The molecular weight excluding hydrogens is 268 g/mol. The highest BCUT2D eigenvalue weighted by molar-refractivity contribution is 8.21. The molecule has 1 atom stereocenters. The van der Waals surface area contributed by atoms with Crippen molar-refractivity contribution in [2.24, 2.45) is 0 Å². The standard InChI is InChI=1S/C14H9ClO2S/c15-18-9-5-6-14-11(7-9)12(8-16)10-3-1-2-4-13(10)17-14/h1-8,12H. The Balaban J connectivity index is 2.18. The second-order valence-corrected chi connectivity index (χ2v) is 5.12. The van der Waals surface area contributed by atoms with Crippen molar-refractivity contribution < 1.29 is 9.53 Å². The first-order valence-electron chi connectivity index (χ1n) is 5.48. The van der Waals surface area contributed by atoms with Gasteiger partial charge < -0.3 is 9.53 Å². The molecule has 0 aromatic heterocycles. The first kappa shape index (κ1) is 11.6. The van der Waals surface area contributed by atoms with Crippen molar-refractivity contribution >= 4 is 27.9 Å². The third-order valence-electron chi connectivity index (χ3n) is 3.02. The molecule has 0 saturated carbocycles. The van der Waals surface area contributed by atoms with Gasteiger partial charge in [0.25, 0.3) is 0 Å². The Morgan fingerprint density at radius 3 is 2.67 bits per heavy atom. The maximum Gasteiger partial charge on any atom is 0.132 e. The van der Waals surface area contributed by atoms with Crippen LogP contribution in [0.1, 0.15) is 17.0 Å². The summed E-state index contributed by atoms with van der Waals surface area (Å²) in [7, 11) is 6.88. The van der Waals surface area contributed by atoms with E-state index in [9.17, 15) is 4.79 Å². The summed E-state index contributed by atoms with van der Waals surface area (Å²) in [6.07, 6.45) is 0.947. The largest absolute Gasteiger partial charge is 0.457 e. The molecule has 1 heterocycles. The smallest absolute Gasteiger partial charge is 0.132 e. The first-order valence-corrected chi connectivity index (χ1v) is 7.12. The SMILES string of the molecule is O=CC1c2ccccc2Oc2ccc(SCl)cc21. The number of ether oxygens (including phenoxy) is 1. The van der Waals surface area contributed by atoms with Gasteiger partial charge in [0.15, 0.2) is 0 Å². The van der Waals surface area contributed by atoms with Gasteiger partial charge in [0, 0.05) is 16.0 Å². The Labute approximate surface area is 113 Å². The zero-order valence-corrected chi connectivity index (χ0v) is 10.9. The van der Waals surface area contributed by atoms with Crippen molar-refractivity contribution in [1.29, 1.82) is 0 Å². The summed E-state index contributed by atoms with van der Waals surface area (Å²) in [5, 5.41) is 0. The van der Waals surface area contributed by atoms with Crippen LogP contribution in [0, 0.1) is 0 Å². The van der Waals surface area contributed by atoms with Crippen LogP contribution in [0.15, 0.2) is 47.4 Å². The highest BCUT2D eigenvalue weighted by Gasteiger charge is 2.26. The zero-order valence-electron chi connectivity index (χ0n) is 9.30. The number of para-hydroxylation sites is 1. The Kier molecular flexibility index (Phi) is 3.02. The van der Waals surface area contributed by atoms with E-state index in [1.807, 2.05) is 42.5 Å². The molecule has 2 nitrogen and oxygen atoms in total. The average Bonchev–Trinajstić information content (AvgIpc) is 2.44. The van der Waals surface area contributed by atoms with E-state index >= 15 is 0 Å². The molecule has 0 fully saturated rings. The van der Waals surface area contributed by atoms with Crippen molar-refractivity contribution in [3.63, 3.8) is 0 Å². The van der Waals surface area contributed by atoms with Gasteiger partial charge >= 0.3 is 0 Å². The van der Waals surface area contributed by atoms with E-state index in [0.717, 1.165) is 44.8 Å². The lowest BCUT2D eigenvalue weighted by Crippen LogP contribution is -2.11. The van der Waals surface area contributed by atoms with Crippen LogP contribution in [0.4, 0.5) is 0 Å². The zero-order chi connectivity index (χ0) is 12.5. The number of hydrogen-bond acceptors (Lipinski definition) is 3. The Morgan fingerprint density at radius 1 is 1.11 bits per heavy atom. The number of aldehydes is 1. The van der Waals surface area contributed by atoms with E-state index in [0.29, 0.717) is 0 Å². The van der Waals surface area contributed by atoms with Crippen molar-refractivity contribution in [3.05, 3.63) is 53.6 Å². The van der Waals surface area contributed by atoms with Gasteiger partial charge in [0.2, 0.25) is 0 Å². The molecular formula is C14H9ClO2S. The molecule has 90 valence electrons. The number of benzene rings is 2. The van der Waals surface area contributed by atoms with Crippen LogP contribution in [-0.2, 0) is 4.79 Å². The molecule has 1 aliphatic rings. The van der Waals surface area contributed by atoms with Crippen molar-refractivity contribution in [1.82, 2.24) is 0 Å². The van der Waals surface area contributed by atoms with Gasteiger partial charge in [-0.1, -0.05) is 18.2 Å². The van der Waals surface area contributed by atoms with Gasteiger partial charge in [-0.05, 0) is 45.9 Å². The topological polar surface area (TPSA) is 26.3 Å². The van der Waals surface area contributed by atoms with Gasteiger partial charge in [-0.2, -0.15) is 0 Å². The molecule has 4 heteroatoms. The van der Waals surface area contributed by atoms with Crippen molar-refractivity contribution in [2.75, 3.05) is 0 Å². The highest BCUT2D eigenvalue weighted by Crippen LogP contribution is 2.44. The molecule has 0 bridgehead atoms. The summed E-state index contributed by atoms with van der Waals surface area (Å²) in [6.45, 7) is 0. The third kappa shape index (κ3) is 1.80. The number of carbonyl (C=O) groups excluding carboxylic acids is 1. The van der Waals surface area contributed by atoms with Crippen LogP contribution in [0.3, 0.4) is 0 Å². The van der Waals surface area contributed by atoms with Crippen LogP contribution in [-0.4, -0.2) is 6.29 Å². The molecule has 0 radical (unpaired) electrons. The maximum atomic E-state index is 11.4. The minimum absolute atomic E-state index is 0.284. The molecule has 0 spiro atoms. The lowest BCUT2D eigenvalue weighted by Gasteiger charge is -2.25. The molecule has 18 heavy (non-hydrogen) atoms. The molecule has 1 unspecified atom stereocenters. The van der Waals surface area contributed by atoms with Gasteiger partial charge in [0.1, 0.15) is 17.8 Å². The molecule has 1 aliphatic heterocycles. The Morgan fingerprint density at radius 2 is 1.89 bits per heavy atom. The first-order chi connectivity index (χ1) is 8.83. The van der Waals surface area contributed by atoms with E-state index < -0.39 is 0 Å². The molecule has 2 aromatic rings. The molecule has 3 rings (SSSR count). The predicted molar refractivity (Wildman–Crippen MR) is 72.6 cm³/mol. The van der Waals surface area contributed by atoms with Gasteiger partial charge in [-0.25, -0.2) is 0 Å². The van der Waals surface area contributed by atoms with Crippen LogP contribution in [0.2, 0.25) is 0 Å². The molecule has 0 amide bonds. The predicted octanol–water partition coefficient (Wildman–Crippen LogP) is 4.37. The summed E-state index contributed by atoms with van der Waals surface area (Å²) in [5.74, 6) is 1.18.